The minimum Gasteiger partial charge on any atom is -0.486 e. The van der Waals surface area contributed by atoms with Crippen LogP contribution in [0.5, 0.6) is 11.5 Å². The number of piperidine rings is 2. The number of hydrogen-bond acceptors (Lipinski definition) is 4. The highest BCUT2D eigenvalue weighted by atomic mass is 16.6. The molecule has 0 aromatic heterocycles. The largest absolute Gasteiger partial charge is 0.486 e. The van der Waals surface area contributed by atoms with Crippen LogP contribution in [0.2, 0.25) is 0 Å². The maximum atomic E-state index is 11.6. The summed E-state index contributed by atoms with van der Waals surface area (Å²) in [4.78, 5) is 2.63. The zero-order chi connectivity index (χ0) is 18.3. The van der Waals surface area contributed by atoms with Crippen LogP contribution < -0.4 is 9.47 Å². The molecule has 0 amide bonds. The van der Waals surface area contributed by atoms with E-state index in [-0.39, 0.29) is 0 Å². The lowest BCUT2D eigenvalue weighted by Crippen LogP contribution is -2.56. The van der Waals surface area contributed by atoms with Gasteiger partial charge in [-0.3, -0.25) is 4.90 Å². The van der Waals surface area contributed by atoms with Crippen molar-refractivity contribution in [2.24, 2.45) is 0 Å². The molecule has 2 unspecified atom stereocenters. The smallest absolute Gasteiger partial charge is 0.161 e. The summed E-state index contributed by atoms with van der Waals surface area (Å²) < 4.78 is 11.4. The molecule has 0 aliphatic carbocycles. The summed E-state index contributed by atoms with van der Waals surface area (Å²) >= 11 is 0. The Hall–Kier alpha value is -2.04. The standard InChI is InChI=1S/C23H27NO3/c25-23(18-9-10-21-22(13-18)27-12-11-26-21)14-19-7-4-8-20(15-23)24(19)16-17-5-2-1-3-6-17/h1-3,5-6,9-10,13,19-20,25H,4,7-8,11-12,14-16H2. The molecule has 2 atom stereocenters. The Kier molecular flexibility index (Phi) is 4.33. The molecule has 2 aromatic carbocycles. The number of hydrogen-bond donors (Lipinski definition) is 1. The molecular formula is C23H27NO3. The summed E-state index contributed by atoms with van der Waals surface area (Å²) in [7, 11) is 0. The number of rotatable bonds is 3. The van der Waals surface area contributed by atoms with Crippen LogP contribution in [0, 0.1) is 0 Å². The van der Waals surface area contributed by atoms with E-state index in [1.165, 1.54) is 12.0 Å². The molecule has 2 bridgehead atoms. The fraction of sp³-hybridized carbons (Fsp3) is 0.478. The van der Waals surface area contributed by atoms with Gasteiger partial charge in [0.15, 0.2) is 11.5 Å². The van der Waals surface area contributed by atoms with E-state index in [0.717, 1.165) is 49.3 Å². The van der Waals surface area contributed by atoms with Crippen molar-refractivity contribution in [2.45, 2.75) is 56.3 Å². The third-order valence-electron chi connectivity index (χ3n) is 6.45. The van der Waals surface area contributed by atoms with Gasteiger partial charge in [-0.2, -0.15) is 0 Å². The highest BCUT2D eigenvalue weighted by Gasteiger charge is 2.46. The van der Waals surface area contributed by atoms with Crippen LogP contribution >= 0.6 is 0 Å². The van der Waals surface area contributed by atoms with Gasteiger partial charge in [0.05, 0.1) is 5.60 Å². The van der Waals surface area contributed by atoms with Crippen molar-refractivity contribution in [3.05, 3.63) is 59.7 Å². The number of benzene rings is 2. The van der Waals surface area contributed by atoms with E-state index in [4.69, 9.17) is 9.47 Å². The summed E-state index contributed by atoms with van der Waals surface area (Å²) in [5.74, 6) is 1.55. The molecule has 4 nitrogen and oxygen atoms in total. The second-order valence-electron chi connectivity index (χ2n) is 8.19. The van der Waals surface area contributed by atoms with Crippen LogP contribution in [0.1, 0.15) is 43.2 Å². The Morgan fingerprint density at radius 1 is 0.926 bits per heavy atom. The Labute approximate surface area is 160 Å². The molecule has 142 valence electrons. The van der Waals surface area contributed by atoms with Gasteiger partial charge in [0.2, 0.25) is 0 Å². The first-order valence-corrected chi connectivity index (χ1v) is 10.1. The third kappa shape index (κ3) is 3.21. The van der Waals surface area contributed by atoms with E-state index in [1.807, 2.05) is 18.2 Å². The van der Waals surface area contributed by atoms with Gasteiger partial charge in [-0.15, -0.1) is 0 Å². The first kappa shape index (κ1) is 17.1. The summed E-state index contributed by atoms with van der Waals surface area (Å²) in [6, 6.07) is 17.5. The van der Waals surface area contributed by atoms with Crippen molar-refractivity contribution in [1.82, 2.24) is 4.90 Å². The Bertz CT molecular complexity index is 793. The summed E-state index contributed by atoms with van der Waals surface area (Å²) in [6.07, 6.45) is 5.16. The molecule has 0 radical (unpaired) electrons. The molecule has 3 aliphatic rings. The minimum absolute atomic E-state index is 0.427. The zero-order valence-corrected chi connectivity index (χ0v) is 15.6. The lowest BCUT2D eigenvalue weighted by atomic mass is 9.72. The van der Waals surface area contributed by atoms with Crippen LogP contribution in [0.15, 0.2) is 48.5 Å². The molecule has 0 saturated carbocycles. The van der Waals surface area contributed by atoms with Crippen molar-refractivity contribution >= 4 is 0 Å². The first-order chi connectivity index (χ1) is 13.2. The van der Waals surface area contributed by atoms with Crippen LogP contribution in [0.25, 0.3) is 0 Å². The molecule has 1 N–H and O–H groups in total. The molecule has 0 spiro atoms. The topological polar surface area (TPSA) is 41.9 Å². The summed E-state index contributed by atoms with van der Waals surface area (Å²) in [6.45, 7) is 2.15. The monoisotopic (exact) mass is 365 g/mol. The highest BCUT2D eigenvalue weighted by Crippen LogP contribution is 2.46. The van der Waals surface area contributed by atoms with E-state index in [1.54, 1.807) is 0 Å². The fourth-order valence-corrected chi connectivity index (χ4v) is 5.14. The first-order valence-electron chi connectivity index (χ1n) is 10.1. The van der Waals surface area contributed by atoms with E-state index >= 15 is 0 Å². The third-order valence-corrected chi connectivity index (χ3v) is 6.45. The Morgan fingerprint density at radius 2 is 1.63 bits per heavy atom. The van der Waals surface area contributed by atoms with Crippen molar-refractivity contribution in [1.29, 1.82) is 0 Å². The lowest BCUT2D eigenvalue weighted by Gasteiger charge is -2.52. The molecule has 3 aliphatic heterocycles. The molecular weight excluding hydrogens is 338 g/mol. The quantitative estimate of drug-likeness (QED) is 0.897. The number of aliphatic hydroxyl groups is 1. The van der Waals surface area contributed by atoms with E-state index in [2.05, 4.69) is 35.2 Å². The average molecular weight is 365 g/mol. The number of ether oxygens (including phenoxy) is 2. The molecule has 5 rings (SSSR count). The predicted molar refractivity (Wildman–Crippen MR) is 104 cm³/mol. The van der Waals surface area contributed by atoms with Crippen LogP contribution in [0.3, 0.4) is 0 Å². The van der Waals surface area contributed by atoms with Gasteiger partial charge in [0, 0.05) is 18.6 Å². The fourth-order valence-electron chi connectivity index (χ4n) is 5.14. The molecule has 27 heavy (non-hydrogen) atoms. The van der Waals surface area contributed by atoms with Crippen molar-refractivity contribution < 1.29 is 14.6 Å². The molecule has 3 heterocycles. The summed E-state index contributed by atoms with van der Waals surface area (Å²) in [5, 5.41) is 11.6. The van der Waals surface area contributed by atoms with E-state index in [0.29, 0.717) is 25.3 Å². The van der Waals surface area contributed by atoms with Crippen LogP contribution in [-0.2, 0) is 12.1 Å². The lowest BCUT2D eigenvalue weighted by molar-refractivity contribution is -0.100. The Morgan fingerprint density at radius 3 is 2.37 bits per heavy atom. The molecule has 4 heteroatoms. The number of nitrogens with zero attached hydrogens (tertiary/aromatic N) is 1. The molecule has 2 aromatic rings. The molecule has 2 saturated heterocycles. The van der Waals surface area contributed by atoms with Gasteiger partial charge in [-0.25, -0.2) is 0 Å². The maximum absolute atomic E-state index is 11.6. The van der Waals surface area contributed by atoms with Crippen LogP contribution in [-0.4, -0.2) is 35.3 Å². The van der Waals surface area contributed by atoms with Crippen molar-refractivity contribution in [3.8, 4) is 11.5 Å². The summed E-state index contributed by atoms with van der Waals surface area (Å²) in [5.41, 5.74) is 1.56. The SMILES string of the molecule is OC1(c2ccc3c(c2)OCCO3)CC2CCCC(C1)N2Cc1ccccc1. The van der Waals surface area contributed by atoms with E-state index in [9.17, 15) is 5.11 Å². The number of fused-ring (bicyclic) bond motifs is 3. The van der Waals surface area contributed by atoms with Gasteiger partial charge in [-0.05, 0) is 48.9 Å². The van der Waals surface area contributed by atoms with Gasteiger partial charge < -0.3 is 14.6 Å². The second kappa shape index (κ2) is 6.84. The second-order valence-corrected chi connectivity index (χ2v) is 8.19. The highest BCUT2D eigenvalue weighted by molar-refractivity contribution is 5.45. The molecule has 2 fully saturated rings. The van der Waals surface area contributed by atoms with Gasteiger partial charge >= 0.3 is 0 Å². The minimum atomic E-state index is -0.779. The van der Waals surface area contributed by atoms with Crippen molar-refractivity contribution in [3.63, 3.8) is 0 Å². The maximum Gasteiger partial charge on any atom is 0.161 e. The normalized spacial score (nSPS) is 30.1. The zero-order valence-electron chi connectivity index (χ0n) is 15.6. The van der Waals surface area contributed by atoms with Gasteiger partial charge in [0.25, 0.3) is 0 Å². The van der Waals surface area contributed by atoms with Crippen molar-refractivity contribution in [2.75, 3.05) is 13.2 Å². The van der Waals surface area contributed by atoms with Gasteiger partial charge in [-0.1, -0.05) is 42.8 Å². The van der Waals surface area contributed by atoms with Crippen LogP contribution in [0.4, 0.5) is 0 Å². The average Bonchev–Trinajstić information content (AvgIpc) is 2.69. The Balaban J connectivity index is 1.40. The predicted octanol–water partition coefficient (Wildman–Crippen LogP) is 3.86. The van der Waals surface area contributed by atoms with Gasteiger partial charge in [0.1, 0.15) is 13.2 Å². The van der Waals surface area contributed by atoms with E-state index < -0.39 is 5.60 Å².